The number of nitrogens with one attached hydrogen (secondary N) is 1. The quantitative estimate of drug-likeness (QED) is 0.838. The van der Waals surface area contributed by atoms with Crippen LogP contribution in [0.3, 0.4) is 0 Å². The van der Waals surface area contributed by atoms with Crippen LogP contribution in [0.2, 0.25) is 5.02 Å². The van der Waals surface area contributed by atoms with Crippen LogP contribution in [0.5, 0.6) is 0 Å². The molecule has 0 aliphatic rings. The third kappa shape index (κ3) is 2.05. The second kappa shape index (κ2) is 3.98. The Hall–Kier alpha value is -1.06. The van der Waals surface area contributed by atoms with Crippen LogP contribution >= 0.6 is 22.9 Å². The van der Waals surface area contributed by atoms with Crippen LogP contribution in [0.1, 0.15) is 5.69 Å². The van der Waals surface area contributed by atoms with E-state index in [2.05, 4.69) is 10.3 Å². The highest BCUT2D eigenvalue weighted by atomic mass is 35.5. The molecule has 0 aliphatic heterocycles. The van der Waals surface area contributed by atoms with Crippen molar-refractivity contribution in [3.63, 3.8) is 0 Å². The Kier molecular flexibility index (Phi) is 2.70. The number of hydrogen-bond acceptors (Lipinski definition) is 3. The lowest BCUT2D eigenvalue weighted by Gasteiger charge is -2.03. The molecule has 0 bridgehead atoms. The molecule has 1 heterocycles. The Bertz CT molecular complexity index is 439. The zero-order chi connectivity index (χ0) is 9.97. The highest BCUT2D eigenvalue weighted by molar-refractivity contribution is 7.13. The molecule has 4 heteroatoms. The van der Waals surface area contributed by atoms with Gasteiger partial charge in [-0.3, -0.25) is 0 Å². The molecule has 0 aliphatic carbocycles. The number of nitrogens with zero attached hydrogens (tertiary/aromatic N) is 1. The van der Waals surface area contributed by atoms with E-state index in [1.807, 2.05) is 36.6 Å². The maximum atomic E-state index is 6.00. The molecule has 1 N–H and O–H groups in total. The summed E-state index contributed by atoms with van der Waals surface area (Å²) in [5, 5.41) is 6.75. The van der Waals surface area contributed by atoms with Crippen LogP contribution in [0.15, 0.2) is 29.6 Å². The third-order valence-electron chi connectivity index (χ3n) is 1.73. The van der Waals surface area contributed by atoms with Crippen molar-refractivity contribution in [2.45, 2.75) is 6.92 Å². The molecule has 0 saturated carbocycles. The Morgan fingerprint density at radius 3 is 2.79 bits per heavy atom. The van der Waals surface area contributed by atoms with Crippen LogP contribution in [-0.4, -0.2) is 4.98 Å². The summed E-state index contributed by atoms with van der Waals surface area (Å²) in [7, 11) is 0. The van der Waals surface area contributed by atoms with E-state index in [0.29, 0.717) is 5.02 Å². The molecule has 0 spiro atoms. The topological polar surface area (TPSA) is 24.9 Å². The van der Waals surface area contributed by atoms with Gasteiger partial charge in [-0.25, -0.2) is 4.98 Å². The minimum atomic E-state index is 0.709. The minimum absolute atomic E-state index is 0.709. The number of aromatic nitrogens is 1. The molecule has 1 aromatic carbocycles. The van der Waals surface area contributed by atoms with Gasteiger partial charge in [-0.05, 0) is 19.1 Å². The summed E-state index contributed by atoms with van der Waals surface area (Å²) < 4.78 is 0. The zero-order valence-corrected chi connectivity index (χ0v) is 9.19. The minimum Gasteiger partial charge on any atom is -0.330 e. The van der Waals surface area contributed by atoms with E-state index in [-0.39, 0.29) is 0 Å². The molecule has 2 nitrogen and oxygen atoms in total. The second-order valence-electron chi connectivity index (χ2n) is 2.90. The molecule has 1 aromatic heterocycles. The lowest BCUT2D eigenvalue weighted by molar-refractivity contribution is 1.26. The van der Waals surface area contributed by atoms with Crippen molar-refractivity contribution in [2.24, 2.45) is 0 Å². The number of halogens is 1. The number of anilines is 2. The molecule has 0 fully saturated rings. The van der Waals surface area contributed by atoms with Crippen LogP contribution < -0.4 is 5.32 Å². The van der Waals surface area contributed by atoms with Crippen LogP contribution in [-0.2, 0) is 0 Å². The van der Waals surface area contributed by atoms with Crippen molar-refractivity contribution in [3.8, 4) is 0 Å². The summed E-state index contributed by atoms with van der Waals surface area (Å²) in [5.74, 6) is 0. The summed E-state index contributed by atoms with van der Waals surface area (Å²) in [6.07, 6.45) is 0. The van der Waals surface area contributed by atoms with Crippen molar-refractivity contribution in [1.29, 1.82) is 0 Å². The van der Waals surface area contributed by atoms with E-state index in [9.17, 15) is 0 Å². The van der Waals surface area contributed by atoms with Gasteiger partial charge in [-0.15, -0.1) is 11.3 Å². The van der Waals surface area contributed by atoms with E-state index in [1.54, 1.807) is 11.3 Å². The molecule has 72 valence electrons. The Balaban J connectivity index is 2.23. The molecule has 0 atom stereocenters. The number of para-hydroxylation sites is 1. The number of aryl methyl sites for hydroxylation is 1. The van der Waals surface area contributed by atoms with Gasteiger partial charge in [0.2, 0.25) is 0 Å². The van der Waals surface area contributed by atoms with E-state index >= 15 is 0 Å². The third-order valence-corrected chi connectivity index (χ3v) is 2.94. The van der Waals surface area contributed by atoms with Crippen molar-refractivity contribution in [3.05, 3.63) is 40.4 Å². The standard InChI is InChI=1S/C10H9ClN2S/c1-7-6-14-10(12-7)13-9-5-3-2-4-8(9)11/h2-6H,1H3,(H,12,13). The predicted octanol–water partition coefficient (Wildman–Crippen LogP) is 3.85. The molecule has 0 saturated heterocycles. The smallest absolute Gasteiger partial charge is 0.187 e. The van der Waals surface area contributed by atoms with Crippen molar-refractivity contribution < 1.29 is 0 Å². The number of hydrogen-bond donors (Lipinski definition) is 1. The van der Waals surface area contributed by atoms with Crippen molar-refractivity contribution >= 4 is 33.8 Å². The van der Waals surface area contributed by atoms with Gasteiger partial charge < -0.3 is 5.32 Å². The largest absolute Gasteiger partial charge is 0.330 e. The first kappa shape index (κ1) is 9.49. The lowest BCUT2D eigenvalue weighted by atomic mass is 10.3. The molecule has 0 unspecified atom stereocenters. The fraction of sp³-hybridized carbons (Fsp3) is 0.100. The van der Waals surface area contributed by atoms with Crippen LogP contribution in [0.4, 0.5) is 10.8 Å². The van der Waals surface area contributed by atoms with Gasteiger partial charge in [0.25, 0.3) is 0 Å². The summed E-state index contributed by atoms with van der Waals surface area (Å²) in [5.41, 5.74) is 1.91. The molecule has 0 radical (unpaired) electrons. The molecule has 14 heavy (non-hydrogen) atoms. The van der Waals surface area contributed by atoms with Crippen LogP contribution in [0, 0.1) is 6.92 Å². The van der Waals surface area contributed by atoms with Gasteiger partial charge in [0.05, 0.1) is 16.4 Å². The van der Waals surface area contributed by atoms with Gasteiger partial charge in [-0.1, -0.05) is 23.7 Å². The summed E-state index contributed by atoms with van der Waals surface area (Å²) in [6.45, 7) is 1.97. The summed E-state index contributed by atoms with van der Waals surface area (Å²) in [4.78, 5) is 4.30. The van der Waals surface area contributed by atoms with Gasteiger partial charge in [0.1, 0.15) is 0 Å². The number of thiazole rings is 1. The Morgan fingerprint density at radius 2 is 2.14 bits per heavy atom. The first-order chi connectivity index (χ1) is 6.75. The average Bonchev–Trinajstić information content (AvgIpc) is 2.56. The van der Waals surface area contributed by atoms with Gasteiger partial charge in [-0.2, -0.15) is 0 Å². The van der Waals surface area contributed by atoms with Gasteiger partial charge in [0, 0.05) is 5.38 Å². The summed E-state index contributed by atoms with van der Waals surface area (Å²) >= 11 is 7.57. The average molecular weight is 225 g/mol. The van der Waals surface area contributed by atoms with E-state index in [4.69, 9.17) is 11.6 Å². The zero-order valence-electron chi connectivity index (χ0n) is 7.62. The lowest BCUT2D eigenvalue weighted by Crippen LogP contribution is -1.89. The van der Waals surface area contributed by atoms with E-state index < -0.39 is 0 Å². The molecule has 0 amide bonds. The monoisotopic (exact) mass is 224 g/mol. The molecular formula is C10H9ClN2S. The predicted molar refractivity (Wildman–Crippen MR) is 61.6 cm³/mol. The molecule has 2 aromatic rings. The maximum absolute atomic E-state index is 6.00. The van der Waals surface area contributed by atoms with Crippen LogP contribution in [0.25, 0.3) is 0 Å². The summed E-state index contributed by atoms with van der Waals surface area (Å²) in [6, 6.07) is 7.62. The SMILES string of the molecule is Cc1csc(Nc2ccccc2Cl)n1. The first-order valence-corrected chi connectivity index (χ1v) is 5.45. The second-order valence-corrected chi connectivity index (χ2v) is 4.16. The molecular weight excluding hydrogens is 216 g/mol. The van der Waals surface area contributed by atoms with Gasteiger partial charge >= 0.3 is 0 Å². The first-order valence-electron chi connectivity index (χ1n) is 4.19. The highest BCUT2D eigenvalue weighted by Crippen LogP contribution is 2.26. The van der Waals surface area contributed by atoms with Gasteiger partial charge in [0.15, 0.2) is 5.13 Å². The van der Waals surface area contributed by atoms with E-state index in [0.717, 1.165) is 16.5 Å². The maximum Gasteiger partial charge on any atom is 0.187 e. The van der Waals surface area contributed by atoms with Crippen molar-refractivity contribution in [1.82, 2.24) is 4.98 Å². The Labute approximate surface area is 91.6 Å². The Morgan fingerprint density at radius 1 is 1.36 bits per heavy atom. The number of benzene rings is 1. The fourth-order valence-corrected chi connectivity index (χ4v) is 1.97. The normalized spacial score (nSPS) is 10.1. The number of rotatable bonds is 2. The fourth-order valence-electron chi connectivity index (χ4n) is 1.09. The highest BCUT2D eigenvalue weighted by Gasteiger charge is 2.01. The van der Waals surface area contributed by atoms with Crippen molar-refractivity contribution in [2.75, 3.05) is 5.32 Å². The van der Waals surface area contributed by atoms with E-state index in [1.165, 1.54) is 0 Å². The molecule has 2 rings (SSSR count).